The summed E-state index contributed by atoms with van der Waals surface area (Å²) in [5.41, 5.74) is 5.47. The number of rotatable bonds is 4. The molecule has 0 bridgehead atoms. The molecule has 20 heavy (non-hydrogen) atoms. The molecular weight excluding hydrogens is 268 g/mol. The zero-order valence-electron chi connectivity index (χ0n) is 12.0. The maximum atomic E-state index is 12.0. The van der Waals surface area contributed by atoms with E-state index in [1.165, 1.54) is 7.11 Å². The van der Waals surface area contributed by atoms with Crippen molar-refractivity contribution in [3.63, 3.8) is 0 Å². The van der Waals surface area contributed by atoms with Crippen molar-refractivity contribution < 1.29 is 28.6 Å². The average Bonchev–Trinajstić information content (AvgIpc) is 2.88. The minimum Gasteiger partial charge on any atom is -0.384 e. The van der Waals surface area contributed by atoms with Gasteiger partial charge >= 0.3 is 5.97 Å². The smallest absolute Gasteiger partial charge is 0.366 e. The van der Waals surface area contributed by atoms with Crippen LogP contribution in [0.4, 0.5) is 0 Å². The highest BCUT2D eigenvalue weighted by atomic mass is 16.8. The summed E-state index contributed by atoms with van der Waals surface area (Å²) in [5, 5.41) is 3.52. The van der Waals surface area contributed by atoms with Gasteiger partial charge in [0.05, 0.1) is 0 Å². The van der Waals surface area contributed by atoms with Gasteiger partial charge in [-0.3, -0.25) is 0 Å². The molecule has 0 aliphatic carbocycles. The van der Waals surface area contributed by atoms with Crippen LogP contribution in [0.25, 0.3) is 0 Å². The molecule has 8 heteroatoms. The lowest BCUT2D eigenvalue weighted by atomic mass is 10.1. The van der Waals surface area contributed by atoms with E-state index in [1.54, 1.807) is 20.8 Å². The van der Waals surface area contributed by atoms with Gasteiger partial charge in [-0.15, -0.1) is 0 Å². The van der Waals surface area contributed by atoms with Crippen molar-refractivity contribution in [1.82, 2.24) is 0 Å². The van der Waals surface area contributed by atoms with Gasteiger partial charge in [0.1, 0.15) is 18.0 Å². The summed E-state index contributed by atoms with van der Waals surface area (Å²) in [6.07, 6.45) is -2.24. The summed E-state index contributed by atoms with van der Waals surface area (Å²) >= 11 is 0. The molecule has 0 aromatic rings. The number of oxime groups is 1. The second-order valence-corrected chi connectivity index (χ2v) is 5.07. The second-order valence-electron chi connectivity index (χ2n) is 5.07. The van der Waals surface area contributed by atoms with Gasteiger partial charge in [-0.2, -0.15) is 0 Å². The summed E-state index contributed by atoms with van der Waals surface area (Å²) in [7, 11) is 1.47. The van der Waals surface area contributed by atoms with Crippen LogP contribution < -0.4 is 5.73 Å². The Hall–Kier alpha value is -1.22. The monoisotopic (exact) mass is 288 g/mol. The summed E-state index contributed by atoms with van der Waals surface area (Å²) < 4.78 is 21.9. The van der Waals surface area contributed by atoms with Gasteiger partial charge in [-0.1, -0.05) is 12.1 Å². The third-order valence-electron chi connectivity index (χ3n) is 3.09. The van der Waals surface area contributed by atoms with E-state index in [4.69, 9.17) is 29.5 Å². The van der Waals surface area contributed by atoms with Crippen LogP contribution in [0.15, 0.2) is 5.16 Å². The number of fused-ring (bicyclic) bond motifs is 1. The molecule has 8 nitrogen and oxygen atoms in total. The van der Waals surface area contributed by atoms with Crippen molar-refractivity contribution in [3.8, 4) is 0 Å². The zero-order valence-corrected chi connectivity index (χ0v) is 12.0. The van der Waals surface area contributed by atoms with Gasteiger partial charge in [-0.05, 0) is 13.8 Å². The number of nitrogens with zero attached hydrogens (tertiary/aromatic N) is 1. The SMILES string of the molecule is CCC(N)=NOC(=O)[C@H]1OC(OC)C2OC(C)(C)OC21. The van der Waals surface area contributed by atoms with E-state index in [0.717, 1.165) is 0 Å². The van der Waals surface area contributed by atoms with Gasteiger partial charge in [0, 0.05) is 13.5 Å². The van der Waals surface area contributed by atoms with Crippen molar-refractivity contribution >= 4 is 11.8 Å². The van der Waals surface area contributed by atoms with Crippen LogP contribution >= 0.6 is 0 Å². The predicted octanol–water partition coefficient (Wildman–Crippen LogP) is 0.103. The second kappa shape index (κ2) is 5.65. The Morgan fingerprint density at radius 1 is 1.35 bits per heavy atom. The Morgan fingerprint density at radius 2 is 2.00 bits per heavy atom. The van der Waals surface area contributed by atoms with E-state index >= 15 is 0 Å². The number of carbonyl (C=O) groups excluding carboxylic acids is 1. The third-order valence-corrected chi connectivity index (χ3v) is 3.09. The largest absolute Gasteiger partial charge is 0.384 e. The molecule has 2 aliphatic heterocycles. The normalized spacial score (nSPS) is 35.9. The number of hydrogen-bond acceptors (Lipinski definition) is 7. The molecule has 0 saturated carbocycles. The lowest BCUT2D eigenvalue weighted by Gasteiger charge is -2.22. The van der Waals surface area contributed by atoms with E-state index in [0.29, 0.717) is 6.42 Å². The first kappa shape index (κ1) is 15.2. The number of methoxy groups -OCH3 is 1. The minimum atomic E-state index is -0.958. The van der Waals surface area contributed by atoms with Crippen molar-refractivity contribution in [2.24, 2.45) is 10.9 Å². The summed E-state index contributed by atoms with van der Waals surface area (Å²) in [5.74, 6) is -1.27. The summed E-state index contributed by atoms with van der Waals surface area (Å²) in [4.78, 5) is 16.7. The molecule has 2 fully saturated rings. The number of amidine groups is 1. The maximum absolute atomic E-state index is 12.0. The molecule has 2 aliphatic rings. The number of hydrogen-bond donors (Lipinski definition) is 1. The summed E-state index contributed by atoms with van der Waals surface area (Å²) in [6.45, 7) is 5.31. The van der Waals surface area contributed by atoms with E-state index < -0.39 is 36.4 Å². The molecule has 2 heterocycles. The van der Waals surface area contributed by atoms with Crippen molar-refractivity contribution in [3.05, 3.63) is 0 Å². The van der Waals surface area contributed by atoms with Crippen LogP contribution in [0.5, 0.6) is 0 Å². The van der Waals surface area contributed by atoms with Crippen LogP contribution in [0, 0.1) is 0 Å². The molecule has 0 aromatic heterocycles. The molecule has 2 saturated heterocycles. The fourth-order valence-electron chi connectivity index (χ4n) is 2.16. The first-order chi connectivity index (χ1) is 9.38. The lowest BCUT2D eigenvalue weighted by molar-refractivity contribution is -0.230. The molecular formula is C12H20N2O6. The molecule has 4 atom stereocenters. The van der Waals surface area contributed by atoms with Crippen molar-refractivity contribution in [2.75, 3.05) is 7.11 Å². The molecule has 0 radical (unpaired) electrons. The van der Waals surface area contributed by atoms with E-state index in [-0.39, 0.29) is 5.84 Å². The lowest BCUT2D eigenvalue weighted by Crippen LogP contribution is -2.36. The van der Waals surface area contributed by atoms with Crippen LogP contribution in [-0.2, 0) is 28.6 Å². The quantitative estimate of drug-likeness (QED) is 0.339. The van der Waals surface area contributed by atoms with Gasteiger partial charge in [0.25, 0.3) is 0 Å². The van der Waals surface area contributed by atoms with E-state index in [2.05, 4.69) is 5.16 Å². The zero-order chi connectivity index (χ0) is 14.9. The first-order valence-electron chi connectivity index (χ1n) is 6.45. The van der Waals surface area contributed by atoms with Gasteiger partial charge in [0.2, 0.25) is 0 Å². The number of ether oxygens (including phenoxy) is 4. The highest BCUT2D eigenvalue weighted by molar-refractivity contribution is 5.81. The molecule has 114 valence electrons. The van der Waals surface area contributed by atoms with Crippen molar-refractivity contribution in [1.29, 1.82) is 0 Å². The molecule has 0 aromatic carbocycles. The Bertz CT molecular complexity index is 411. The standard InChI is InChI=1S/C12H20N2O6/c1-5-6(13)14-20-10(15)8-7-9(11(16-4)17-8)19-12(2,3)18-7/h7-9,11H,5H2,1-4H3,(H2,13,14)/t7?,8-,9?,11?/m0/s1. The number of carbonyl (C=O) groups is 1. The topological polar surface area (TPSA) is 102 Å². The highest BCUT2D eigenvalue weighted by Gasteiger charge is 2.58. The fraction of sp³-hybridized carbons (Fsp3) is 0.833. The Kier molecular flexibility index (Phi) is 4.28. The predicted molar refractivity (Wildman–Crippen MR) is 67.5 cm³/mol. The van der Waals surface area contributed by atoms with Gasteiger partial charge in [0.15, 0.2) is 18.2 Å². The Morgan fingerprint density at radius 3 is 2.60 bits per heavy atom. The molecule has 2 N–H and O–H groups in total. The van der Waals surface area contributed by atoms with Crippen LogP contribution in [0.1, 0.15) is 27.2 Å². The molecule has 2 rings (SSSR count). The first-order valence-corrected chi connectivity index (χ1v) is 6.45. The van der Waals surface area contributed by atoms with Gasteiger partial charge in [-0.25, -0.2) is 4.79 Å². The average molecular weight is 288 g/mol. The van der Waals surface area contributed by atoms with E-state index in [9.17, 15) is 4.79 Å². The molecule has 0 amide bonds. The minimum absolute atomic E-state index is 0.222. The number of nitrogens with two attached hydrogens (primary N) is 1. The van der Waals surface area contributed by atoms with Gasteiger partial charge < -0.3 is 29.5 Å². The molecule has 0 spiro atoms. The fourth-order valence-corrected chi connectivity index (χ4v) is 2.16. The summed E-state index contributed by atoms with van der Waals surface area (Å²) in [6, 6.07) is 0. The van der Waals surface area contributed by atoms with Crippen LogP contribution in [0.2, 0.25) is 0 Å². The third kappa shape index (κ3) is 2.93. The molecule has 3 unspecified atom stereocenters. The highest BCUT2D eigenvalue weighted by Crippen LogP contribution is 2.39. The van der Waals surface area contributed by atoms with Crippen molar-refractivity contribution in [2.45, 2.75) is 57.6 Å². The Labute approximate surface area is 117 Å². The van der Waals surface area contributed by atoms with Crippen LogP contribution in [0.3, 0.4) is 0 Å². The van der Waals surface area contributed by atoms with E-state index in [1.807, 2.05) is 0 Å². The maximum Gasteiger partial charge on any atom is 0.366 e. The van der Waals surface area contributed by atoms with Crippen LogP contribution in [-0.4, -0.2) is 49.3 Å². The Balaban J connectivity index is 2.07.